The van der Waals surface area contributed by atoms with Crippen LogP contribution in [0.5, 0.6) is 0 Å². The van der Waals surface area contributed by atoms with E-state index in [4.69, 9.17) is 5.11 Å². The van der Waals surface area contributed by atoms with Crippen LogP contribution in [-0.2, 0) is 4.79 Å². The van der Waals surface area contributed by atoms with Gasteiger partial charge in [0.25, 0.3) is 0 Å². The Morgan fingerprint density at radius 2 is 2.30 bits per heavy atom. The summed E-state index contributed by atoms with van der Waals surface area (Å²) < 4.78 is 0. The molecule has 0 unspecified atom stereocenters. The minimum Gasteiger partial charge on any atom is -0.477 e. The van der Waals surface area contributed by atoms with Crippen molar-refractivity contribution in [2.45, 2.75) is 6.92 Å². The Hall–Kier alpha value is -1.38. The lowest BCUT2D eigenvalue weighted by Crippen LogP contribution is -1.96. The molecule has 0 heterocycles. The van der Waals surface area contributed by atoms with E-state index in [1.807, 2.05) is 0 Å². The summed E-state index contributed by atoms with van der Waals surface area (Å²) in [6.07, 6.45) is 4.18. The summed E-state index contributed by atoms with van der Waals surface area (Å²) in [5.74, 6) is -1.03. The van der Waals surface area contributed by atoms with Gasteiger partial charge in [-0.3, -0.25) is 0 Å². The van der Waals surface area contributed by atoms with E-state index in [9.17, 15) is 4.79 Å². The maximum Gasteiger partial charge on any atom is 0.354 e. The maximum atomic E-state index is 10.2. The zero-order valence-corrected chi connectivity index (χ0v) is 5.74. The molecule has 0 atom stereocenters. The predicted molar refractivity (Wildman–Crippen MR) is 40.1 cm³/mol. The molecular formula is C7H9NO2. The summed E-state index contributed by atoms with van der Waals surface area (Å²) in [5.41, 5.74) is 0.0277. The highest BCUT2D eigenvalue weighted by molar-refractivity contribution is 5.89. The van der Waals surface area contributed by atoms with Crippen LogP contribution in [0.25, 0.3) is 0 Å². The van der Waals surface area contributed by atoms with Crippen LogP contribution in [0.4, 0.5) is 0 Å². The van der Waals surface area contributed by atoms with E-state index < -0.39 is 5.97 Å². The fourth-order valence-electron chi connectivity index (χ4n) is 0.386. The third kappa shape index (κ3) is 2.81. The number of aliphatic carboxylic acids is 1. The zero-order valence-electron chi connectivity index (χ0n) is 5.74. The van der Waals surface area contributed by atoms with Gasteiger partial charge in [0.1, 0.15) is 5.70 Å². The smallest absolute Gasteiger partial charge is 0.354 e. The average Bonchev–Trinajstić information content (AvgIpc) is 1.89. The molecular weight excluding hydrogens is 130 g/mol. The van der Waals surface area contributed by atoms with Crippen LogP contribution in [0, 0.1) is 0 Å². The Morgan fingerprint density at radius 1 is 1.70 bits per heavy atom. The quantitative estimate of drug-likeness (QED) is 0.472. The first-order valence-corrected chi connectivity index (χ1v) is 2.77. The van der Waals surface area contributed by atoms with Crippen LogP contribution in [0.15, 0.2) is 29.4 Å². The van der Waals surface area contributed by atoms with E-state index in [0.29, 0.717) is 0 Å². The minimum absolute atomic E-state index is 0.0277. The van der Waals surface area contributed by atoms with Gasteiger partial charge in [-0.2, -0.15) is 0 Å². The first-order chi connectivity index (χ1) is 4.72. The molecule has 0 fully saturated rings. The molecule has 54 valence electrons. The monoisotopic (exact) mass is 139 g/mol. The van der Waals surface area contributed by atoms with Gasteiger partial charge in [-0.15, -0.1) is 0 Å². The van der Waals surface area contributed by atoms with Crippen molar-refractivity contribution in [1.29, 1.82) is 0 Å². The van der Waals surface area contributed by atoms with Crippen molar-refractivity contribution in [2.75, 3.05) is 0 Å². The molecule has 0 saturated carbocycles. The van der Waals surface area contributed by atoms with Gasteiger partial charge in [0, 0.05) is 6.21 Å². The third-order valence-corrected chi connectivity index (χ3v) is 0.812. The molecule has 1 N–H and O–H groups in total. The van der Waals surface area contributed by atoms with Gasteiger partial charge in [-0.25, -0.2) is 9.79 Å². The molecule has 0 aliphatic carbocycles. The van der Waals surface area contributed by atoms with Crippen LogP contribution >= 0.6 is 0 Å². The topological polar surface area (TPSA) is 49.7 Å². The molecule has 0 bridgehead atoms. The van der Waals surface area contributed by atoms with Crippen LogP contribution < -0.4 is 0 Å². The molecule has 0 saturated heterocycles. The normalized spacial score (nSPS) is 11.9. The van der Waals surface area contributed by atoms with Gasteiger partial charge in [-0.05, 0) is 6.92 Å². The lowest BCUT2D eigenvalue weighted by Gasteiger charge is -1.88. The van der Waals surface area contributed by atoms with E-state index in [2.05, 4.69) is 11.6 Å². The van der Waals surface area contributed by atoms with E-state index in [0.717, 1.165) is 0 Å². The van der Waals surface area contributed by atoms with Gasteiger partial charge in [0.15, 0.2) is 0 Å². The Kier molecular flexibility index (Phi) is 3.87. The maximum absolute atomic E-state index is 10.2. The van der Waals surface area contributed by atoms with E-state index in [-0.39, 0.29) is 5.70 Å². The zero-order chi connectivity index (χ0) is 7.98. The number of allylic oxidation sites excluding steroid dienone is 2. The van der Waals surface area contributed by atoms with Gasteiger partial charge in [-0.1, -0.05) is 18.7 Å². The second kappa shape index (κ2) is 4.49. The van der Waals surface area contributed by atoms with Crippen LogP contribution in [-0.4, -0.2) is 17.3 Å². The molecule has 0 aromatic carbocycles. The number of carboxylic acid groups (broad SMARTS) is 1. The lowest BCUT2D eigenvalue weighted by atomic mass is 10.4. The second-order valence-corrected chi connectivity index (χ2v) is 1.49. The summed E-state index contributed by atoms with van der Waals surface area (Å²) in [7, 11) is 0. The molecule has 3 heteroatoms. The number of nitrogens with zero attached hydrogens (tertiary/aromatic N) is 1. The molecule has 0 radical (unpaired) electrons. The van der Waals surface area contributed by atoms with Gasteiger partial charge in [0.05, 0.1) is 0 Å². The highest BCUT2D eigenvalue weighted by atomic mass is 16.4. The first kappa shape index (κ1) is 8.62. The number of aliphatic imine (C=N–C) groups is 1. The summed E-state index contributed by atoms with van der Waals surface area (Å²) in [5, 5.41) is 8.38. The van der Waals surface area contributed by atoms with Crippen molar-refractivity contribution >= 4 is 12.2 Å². The van der Waals surface area contributed by atoms with Crippen LogP contribution in [0.2, 0.25) is 0 Å². The van der Waals surface area contributed by atoms with Gasteiger partial charge in [0.2, 0.25) is 0 Å². The largest absolute Gasteiger partial charge is 0.477 e. The number of carbonyl (C=O) groups is 1. The summed E-state index contributed by atoms with van der Waals surface area (Å²) in [6, 6.07) is 0. The third-order valence-electron chi connectivity index (χ3n) is 0.812. The first-order valence-electron chi connectivity index (χ1n) is 2.77. The summed E-state index contributed by atoms with van der Waals surface area (Å²) in [6.45, 7) is 4.97. The number of hydrogen-bond donors (Lipinski definition) is 1. The highest BCUT2D eigenvalue weighted by Crippen LogP contribution is 1.93. The minimum atomic E-state index is -1.03. The van der Waals surface area contributed by atoms with Crippen LogP contribution in [0.3, 0.4) is 0 Å². The fraction of sp³-hybridized carbons (Fsp3) is 0.143. The Bertz CT molecular complexity index is 192. The molecule has 0 amide bonds. The van der Waals surface area contributed by atoms with Crippen molar-refractivity contribution < 1.29 is 9.90 Å². The Labute approximate surface area is 59.4 Å². The van der Waals surface area contributed by atoms with E-state index in [1.165, 1.54) is 18.4 Å². The Balaban J connectivity index is 4.25. The van der Waals surface area contributed by atoms with Crippen molar-refractivity contribution in [3.05, 3.63) is 24.4 Å². The van der Waals surface area contributed by atoms with Crippen molar-refractivity contribution in [3.8, 4) is 0 Å². The van der Waals surface area contributed by atoms with Gasteiger partial charge < -0.3 is 5.11 Å². The van der Waals surface area contributed by atoms with E-state index in [1.54, 1.807) is 6.92 Å². The summed E-state index contributed by atoms with van der Waals surface area (Å²) in [4.78, 5) is 13.8. The van der Waals surface area contributed by atoms with E-state index >= 15 is 0 Å². The van der Waals surface area contributed by atoms with Crippen LogP contribution in [0.1, 0.15) is 6.92 Å². The lowest BCUT2D eigenvalue weighted by molar-refractivity contribution is -0.132. The van der Waals surface area contributed by atoms with Crippen molar-refractivity contribution in [1.82, 2.24) is 0 Å². The van der Waals surface area contributed by atoms with Crippen molar-refractivity contribution in [2.24, 2.45) is 4.99 Å². The molecule has 0 aromatic heterocycles. The predicted octanol–water partition coefficient (Wildman–Crippen LogP) is 1.23. The average molecular weight is 139 g/mol. The second-order valence-electron chi connectivity index (χ2n) is 1.49. The van der Waals surface area contributed by atoms with Gasteiger partial charge >= 0.3 is 5.97 Å². The molecule has 10 heavy (non-hydrogen) atoms. The number of rotatable bonds is 3. The number of hydrogen-bond acceptors (Lipinski definition) is 2. The summed E-state index contributed by atoms with van der Waals surface area (Å²) >= 11 is 0. The fourth-order valence-corrected chi connectivity index (χ4v) is 0.386. The molecule has 0 aliphatic rings. The molecule has 0 aliphatic heterocycles. The number of carboxylic acids is 1. The molecule has 0 spiro atoms. The molecule has 3 nitrogen and oxygen atoms in total. The SMILES string of the molecule is C=C/C=N\C(=C/C)C(=O)O. The highest BCUT2D eigenvalue weighted by Gasteiger charge is 1.99. The Morgan fingerprint density at radius 3 is 2.60 bits per heavy atom. The standard InChI is InChI=1S/C7H9NO2/c1-3-5-8-6(4-2)7(9)10/h3-5H,1H2,2H3,(H,9,10)/b6-4-,8-5-. The molecule has 0 rings (SSSR count). The molecule has 0 aromatic rings. The van der Waals surface area contributed by atoms with Crippen molar-refractivity contribution in [3.63, 3.8) is 0 Å².